The predicted molar refractivity (Wildman–Crippen MR) is 104 cm³/mol. The lowest BCUT2D eigenvalue weighted by molar-refractivity contribution is -0.126. The van der Waals surface area contributed by atoms with E-state index >= 15 is 0 Å². The van der Waals surface area contributed by atoms with Gasteiger partial charge in [0.1, 0.15) is 6.04 Å². The SMILES string of the molecule is O=C(NCc1ccccc1)[C@H](c1cccs1)N(C(=O)c1csnn1)C1CC1. The Bertz CT molecular complexity index is 893. The molecule has 2 amide bonds. The van der Waals surface area contributed by atoms with Crippen LogP contribution in [0.2, 0.25) is 0 Å². The number of carbonyl (C=O) groups is 2. The van der Waals surface area contributed by atoms with Gasteiger partial charge in [0.25, 0.3) is 5.91 Å². The third kappa shape index (κ3) is 4.06. The molecule has 1 atom stereocenters. The number of nitrogens with zero attached hydrogens (tertiary/aromatic N) is 3. The van der Waals surface area contributed by atoms with Gasteiger partial charge in [-0.05, 0) is 41.4 Å². The average Bonchev–Trinajstić information content (AvgIpc) is 3.15. The molecule has 1 saturated carbocycles. The number of aromatic nitrogens is 2. The molecule has 1 fully saturated rings. The highest BCUT2D eigenvalue weighted by atomic mass is 32.1. The Kier molecular flexibility index (Phi) is 5.26. The molecule has 1 N–H and O–H groups in total. The maximum Gasteiger partial charge on any atom is 0.276 e. The minimum absolute atomic E-state index is 0.0637. The monoisotopic (exact) mass is 398 g/mol. The molecule has 0 bridgehead atoms. The van der Waals surface area contributed by atoms with Gasteiger partial charge >= 0.3 is 0 Å². The molecule has 3 aromatic rings. The summed E-state index contributed by atoms with van der Waals surface area (Å²) in [6, 6.07) is 13.0. The van der Waals surface area contributed by atoms with E-state index in [9.17, 15) is 9.59 Å². The topological polar surface area (TPSA) is 75.2 Å². The fourth-order valence-electron chi connectivity index (χ4n) is 2.96. The number of rotatable bonds is 7. The Balaban J connectivity index is 1.59. The molecule has 27 heavy (non-hydrogen) atoms. The zero-order chi connectivity index (χ0) is 18.6. The van der Waals surface area contributed by atoms with E-state index in [-0.39, 0.29) is 17.9 Å². The second kappa shape index (κ2) is 7.98. The molecule has 0 saturated heterocycles. The predicted octanol–water partition coefficient (Wildman–Crippen LogP) is 3.26. The maximum absolute atomic E-state index is 13.1. The lowest BCUT2D eigenvalue weighted by Crippen LogP contribution is -2.44. The van der Waals surface area contributed by atoms with E-state index in [2.05, 4.69) is 14.9 Å². The van der Waals surface area contributed by atoms with Crippen LogP contribution in [-0.4, -0.2) is 32.3 Å². The van der Waals surface area contributed by atoms with E-state index in [0.29, 0.717) is 12.2 Å². The van der Waals surface area contributed by atoms with E-state index in [1.165, 1.54) is 11.3 Å². The van der Waals surface area contributed by atoms with Crippen molar-refractivity contribution in [2.45, 2.75) is 31.5 Å². The highest BCUT2D eigenvalue weighted by Gasteiger charge is 2.42. The summed E-state index contributed by atoms with van der Waals surface area (Å²) in [5.74, 6) is -0.413. The first-order valence-corrected chi connectivity index (χ1v) is 10.4. The van der Waals surface area contributed by atoms with Gasteiger partial charge in [-0.15, -0.1) is 16.4 Å². The molecule has 6 nitrogen and oxygen atoms in total. The van der Waals surface area contributed by atoms with E-state index < -0.39 is 6.04 Å². The van der Waals surface area contributed by atoms with Crippen molar-refractivity contribution in [3.8, 4) is 0 Å². The number of benzene rings is 1. The van der Waals surface area contributed by atoms with Crippen molar-refractivity contribution in [2.24, 2.45) is 0 Å². The maximum atomic E-state index is 13.1. The van der Waals surface area contributed by atoms with E-state index in [0.717, 1.165) is 34.8 Å². The third-order valence-corrected chi connectivity index (χ3v) is 5.83. The van der Waals surface area contributed by atoms with Crippen molar-refractivity contribution in [3.63, 3.8) is 0 Å². The zero-order valence-corrected chi connectivity index (χ0v) is 16.1. The van der Waals surface area contributed by atoms with Crippen molar-refractivity contribution in [3.05, 3.63) is 69.4 Å². The largest absolute Gasteiger partial charge is 0.350 e. The molecule has 1 aliphatic rings. The lowest BCUT2D eigenvalue weighted by atomic mass is 10.1. The Hall–Kier alpha value is -2.58. The Morgan fingerprint density at radius 1 is 1.19 bits per heavy atom. The van der Waals surface area contributed by atoms with Crippen molar-refractivity contribution >= 4 is 34.7 Å². The molecule has 0 unspecified atom stereocenters. The summed E-state index contributed by atoms with van der Waals surface area (Å²) < 4.78 is 3.79. The minimum atomic E-state index is -0.657. The molecule has 4 rings (SSSR count). The summed E-state index contributed by atoms with van der Waals surface area (Å²) in [6.07, 6.45) is 1.80. The number of hydrogen-bond acceptors (Lipinski definition) is 6. The van der Waals surface area contributed by atoms with Crippen molar-refractivity contribution in [1.29, 1.82) is 0 Å². The van der Waals surface area contributed by atoms with Crippen LogP contribution in [0.4, 0.5) is 0 Å². The highest BCUT2D eigenvalue weighted by Crippen LogP contribution is 2.37. The number of carbonyl (C=O) groups excluding carboxylic acids is 2. The van der Waals surface area contributed by atoms with E-state index in [4.69, 9.17) is 0 Å². The number of nitrogens with one attached hydrogen (secondary N) is 1. The first-order valence-electron chi connectivity index (χ1n) is 8.69. The summed E-state index contributed by atoms with van der Waals surface area (Å²) in [7, 11) is 0. The quantitative estimate of drug-likeness (QED) is 0.663. The second-order valence-electron chi connectivity index (χ2n) is 6.36. The summed E-state index contributed by atoms with van der Waals surface area (Å²) in [5, 5.41) is 10.5. The molecule has 138 valence electrons. The van der Waals surface area contributed by atoms with Gasteiger partial charge in [0, 0.05) is 22.8 Å². The van der Waals surface area contributed by atoms with Crippen molar-refractivity contribution in [2.75, 3.05) is 0 Å². The molecule has 0 radical (unpaired) electrons. The molecule has 0 spiro atoms. The van der Waals surface area contributed by atoms with E-state index in [1.54, 1.807) is 10.3 Å². The Morgan fingerprint density at radius 2 is 2.00 bits per heavy atom. The van der Waals surface area contributed by atoms with Crippen LogP contribution in [0.1, 0.15) is 39.8 Å². The van der Waals surface area contributed by atoms with Crippen molar-refractivity contribution < 1.29 is 9.59 Å². The van der Waals surface area contributed by atoms with Gasteiger partial charge < -0.3 is 10.2 Å². The molecular formula is C19H18N4O2S2. The number of amides is 2. The Morgan fingerprint density at radius 3 is 2.63 bits per heavy atom. The van der Waals surface area contributed by atoms with Gasteiger partial charge in [0.05, 0.1) is 0 Å². The lowest BCUT2D eigenvalue weighted by Gasteiger charge is -2.30. The van der Waals surface area contributed by atoms with Crippen LogP contribution in [-0.2, 0) is 11.3 Å². The molecule has 2 aromatic heterocycles. The summed E-state index contributed by atoms with van der Waals surface area (Å²) >= 11 is 2.62. The standard InChI is InChI=1S/C19H18N4O2S2/c24-18(20-11-13-5-2-1-3-6-13)17(16-7-4-10-26-16)23(14-8-9-14)19(25)15-12-27-22-21-15/h1-7,10,12,14,17H,8-9,11H2,(H,20,24)/t17-/m0/s1. The van der Waals surface area contributed by atoms with Crippen LogP contribution in [0.5, 0.6) is 0 Å². The molecule has 2 heterocycles. The van der Waals surface area contributed by atoms with Gasteiger partial charge in [-0.2, -0.15) is 0 Å². The fraction of sp³-hybridized carbons (Fsp3) is 0.263. The Labute approximate surface area is 165 Å². The van der Waals surface area contributed by atoms with Crippen LogP contribution in [0.25, 0.3) is 0 Å². The van der Waals surface area contributed by atoms with Crippen LogP contribution in [0, 0.1) is 0 Å². The molecule has 8 heteroatoms. The minimum Gasteiger partial charge on any atom is -0.350 e. The van der Waals surface area contributed by atoms with Gasteiger partial charge in [-0.1, -0.05) is 40.9 Å². The molecule has 0 aliphatic heterocycles. The average molecular weight is 399 g/mol. The van der Waals surface area contributed by atoms with Crippen molar-refractivity contribution in [1.82, 2.24) is 19.8 Å². The molecule has 1 aliphatic carbocycles. The van der Waals surface area contributed by atoms with E-state index in [1.807, 2.05) is 47.8 Å². The molecule has 1 aromatic carbocycles. The summed E-state index contributed by atoms with van der Waals surface area (Å²) in [4.78, 5) is 28.7. The van der Waals surface area contributed by atoms with Crippen LogP contribution in [0.3, 0.4) is 0 Å². The summed E-state index contributed by atoms with van der Waals surface area (Å²) in [6.45, 7) is 0.423. The summed E-state index contributed by atoms with van der Waals surface area (Å²) in [5.41, 5.74) is 1.31. The van der Waals surface area contributed by atoms with Gasteiger partial charge in [0.15, 0.2) is 5.69 Å². The first kappa shape index (κ1) is 17.8. The number of thiophene rings is 1. The van der Waals surface area contributed by atoms with Crippen LogP contribution in [0.15, 0.2) is 53.2 Å². The van der Waals surface area contributed by atoms with Gasteiger partial charge in [0.2, 0.25) is 5.91 Å². The zero-order valence-electron chi connectivity index (χ0n) is 14.4. The van der Waals surface area contributed by atoms with Gasteiger partial charge in [-0.3, -0.25) is 9.59 Å². The molecular weight excluding hydrogens is 380 g/mol. The smallest absolute Gasteiger partial charge is 0.276 e. The second-order valence-corrected chi connectivity index (χ2v) is 7.94. The third-order valence-electron chi connectivity index (χ3n) is 4.40. The first-order chi connectivity index (χ1) is 13.2. The van der Waals surface area contributed by atoms with Crippen LogP contribution >= 0.6 is 22.9 Å². The van der Waals surface area contributed by atoms with Crippen LogP contribution < -0.4 is 5.32 Å². The van der Waals surface area contributed by atoms with Gasteiger partial charge in [-0.25, -0.2) is 0 Å². The highest BCUT2D eigenvalue weighted by molar-refractivity contribution is 7.10. The fourth-order valence-corrected chi connectivity index (χ4v) is 4.21. The normalized spacial score (nSPS) is 14.5. The number of hydrogen-bond donors (Lipinski definition) is 1.